The molecule has 84 valence electrons. The Morgan fingerprint density at radius 2 is 1.93 bits per heavy atom. The Hall–Kier alpha value is -1.30. The second-order valence-electron chi connectivity index (χ2n) is 2.87. The van der Waals surface area contributed by atoms with Gasteiger partial charge in [0.05, 0.1) is 19.2 Å². The molecule has 1 rings (SSSR count). The zero-order chi connectivity index (χ0) is 11.6. The Balaban J connectivity index is 3.39. The molecule has 0 aliphatic carbocycles. The van der Waals surface area contributed by atoms with E-state index in [2.05, 4.69) is 4.74 Å². The smallest absolute Gasteiger partial charge is 0.291 e. The number of methoxy groups -OCH3 is 1. The molecular weight excluding hydrogens is 214 g/mol. The van der Waals surface area contributed by atoms with Crippen molar-refractivity contribution in [3.63, 3.8) is 0 Å². The number of rotatable bonds is 3. The molecule has 0 aliphatic heterocycles. The lowest BCUT2D eigenvalue weighted by atomic mass is 10.1. The molecule has 6 heteroatoms. The average molecular weight is 223 g/mol. The summed E-state index contributed by atoms with van der Waals surface area (Å²) < 4.78 is 56.6. The van der Waals surface area contributed by atoms with Gasteiger partial charge in [0.1, 0.15) is 17.4 Å². The number of nitrogens with two attached hydrogens (primary N) is 1. The fraction of sp³-hybridized carbons (Fsp3) is 0.333. The number of halogens is 4. The van der Waals surface area contributed by atoms with E-state index in [4.69, 9.17) is 5.73 Å². The van der Waals surface area contributed by atoms with Crippen LogP contribution in [0.3, 0.4) is 0 Å². The Morgan fingerprint density at radius 1 is 1.33 bits per heavy atom. The molecule has 0 bridgehead atoms. The van der Waals surface area contributed by atoms with Gasteiger partial charge < -0.3 is 10.5 Å². The number of ether oxygens (including phenoxy) is 1. The molecule has 0 aliphatic rings. The van der Waals surface area contributed by atoms with Gasteiger partial charge in [0.15, 0.2) is 0 Å². The lowest BCUT2D eigenvalue weighted by Crippen LogP contribution is -2.27. The van der Waals surface area contributed by atoms with Crippen molar-refractivity contribution in [2.75, 3.05) is 13.7 Å². The highest BCUT2D eigenvalue weighted by atomic mass is 19.3. The van der Waals surface area contributed by atoms with Crippen molar-refractivity contribution in [3.05, 3.63) is 29.3 Å². The summed E-state index contributed by atoms with van der Waals surface area (Å²) >= 11 is 0. The first-order valence-corrected chi connectivity index (χ1v) is 4.03. The Morgan fingerprint density at radius 3 is 2.40 bits per heavy atom. The minimum atomic E-state index is -3.58. The molecule has 0 amide bonds. The van der Waals surface area contributed by atoms with Gasteiger partial charge in [0, 0.05) is 12.1 Å². The molecule has 15 heavy (non-hydrogen) atoms. The normalized spacial score (nSPS) is 11.6. The summed E-state index contributed by atoms with van der Waals surface area (Å²) in [7, 11) is 1.05. The van der Waals surface area contributed by atoms with Crippen LogP contribution in [0, 0.1) is 11.6 Å². The summed E-state index contributed by atoms with van der Waals surface area (Å²) in [5, 5.41) is 0. The van der Waals surface area contributed by atoms with Crippen molar-refractivity contribution in [3.8, 4) is 5.75 Å². The summed E-state index contributed by atoms with van der Waals surface area (Å²) in [6, 6.07) is 1.05. The molecule has 0 fully saturated rings. The fourth-order valence-corrected chi connectivity index (χ4v) is 1.17. The van der Waals surface area contributed by atoms with E-state index in [9.17, 15) is 17.6 Å². The minimum Gasteiger partial charge on any atom is -0.496 e. The predicted octanol–water partition coefficient (Wildman–Crippen LogP) is 2.02. The first-order valence-electron chi connectivity index (χ1n) is 4.03. The van der Waals surface area contributed by atoms with Crippen molar-refractivity contribution in [2.45, 2.75) is 5.92 Å². The third kappa shape index (κ3) is 2.20. The summed E-state index contributed by atoms with van der Waals surface area (Å²) in [5.74, 6) is -6.49. The van der Waals surface area contributed by atoms with E-state index >= 15 is 0 Å². The van der Waals surface area contributed by atoms with Crippen LogP contribution in [0.15, 0.2) is 12.1 Å². The second kappa shape index (κ2) is 4.06. The van der Waals surface area contributed by atoms with Gasteiger partial charge in [-0.2, -0.15) is 8.78 Å². The molecule has 0 saturated heterocycles. The number of benzene rings is 1. The van der Waals surface area contributed by atoms with E-state index in [0.29, 0.717) is 12.1 Å². The van der Waals surface area contributed by atoms with Gasteiger partial charge in [0.2, 0.25) is 0 Å². The Bertz CT molecular complexity index is 367. The number of hydrogen-bond acceptors (Lipinski definition) is 2. The average Bonchev–Trinajstić information content (AvgIpc) is 2.15. The highest BCUT2D eigenvalue weighted by Gasteiger charge is 2.36. The van der Waals surface area contributed by atoms with Crippen molar-refractivity contribution < 1.29 is 22.3 Å². The third-order valence-corrected chi connectivity index (χ3v) is 1.86. The third-order valence-electron chi connectivity index (χ3n) is 1.86. The molecule has 2 N–H and O–H groups in total. The van der Waals surface area contributed by atoms with Gasteiger partial charge in [-0.15, -0.1) is 0 Å². The summed E-state index contributed by atoms with van der Waals surface area (Å²) in [6.45, 7) is -1.08. The van der Waals surface area contributed by atoms with Crippen LogP contribution in [0.4, 0.5) is 17.6 Å². The fourth-order valence-electron chi connectivity index (χ4n) is 1.17. The first-order chi connectivity index (χ1) is 6.92. The molecule has 0 saturated carbocycles. The van der Waals surface area contributed by atoms with Crippen molar-refractivity contribution in [1.29, 1.82) is 0 Å². The van der Waals surface area contributed by atoms with Crippen LogP contribution in [0.1, 0.15) is 5.56 Å². The summed E-state index contributed by atoms with van der Waals surface area (Å²) in [5.41, 5.74) is 3.78. The van der Waals surface area contributed by atoms with E-state index in [0.717, 1.165) is 7.11 Å². The lowest BCUT2D eigenvalue weighted by molar-refractivity contribution is -0.0000850. The van der Waals surface area contributed by atoms with Gasteiger partial charge in [-0.25, -0.2) is 8.78 Å². The molecule has 1 aromatic rings. The van der Waals surface area contributed by atoms with E-state index < -0.39 is 35.4 Å². The van der Waals surface area contributed by atoms with Crippen LogP contribution in [-0.2, 0) is 5.92 Å². The van der Waals surface area contributed by atoms with Crippen LogP contribution in [0.25, 0.3) is 0 Å². The van der Waals surface area contributed by atoms with Crippen LogP contribution >= 0.6 is 0 Å². The number of alkyl halides is 2. The maximum absolute atomic E-state index is 13.2. The van der Waals surface area contributed by atoms with Crippen LogP contribution in [0.2, 0.25) is 0 Å². The van der Waals surface area contributed by atoms with Gasteiger partial charge in [-0.05, 0) is 0 Å². The van der Waals surface area contributed by atoms with Gasteiger partial charge in [-0.1, -0.05) is 0 Å². The second-order valence-corrected chi connectivity index (χ2v) is 2.87. The summed E-state index contributed by atoms with van der Waals surface area (Å²) in [4.78, 5) is 0. The molecule has 0 atom stereocenters. The molecule has 0 aromatic heterocycles. The largest absolute Gasteiger partial charge is 0.496 e. The number of hydrogen-bond donors (Lipinski definition) is 1. The minimum absolute atomic E-state index is 0.363. The van der Waals surface area contributed by atoms with Crippen LogP contribution in [-0.4, -0.2) is 13.7 Å². The molecule has 0 heterocycles. The van der Waals surface area contributed by atoms with Crippen molar-refractivity contribution >= 4 is 0 Å². The predicted molar refractivity (Wildman–Crippen MR) is 45.9 cm³/mol. The molecule has 0 radical (unpaired) electrons. The van der Waals surface area contributed by atoms with Crippen molar-refractivity contribution in [2.24, 2.45) is 5.73 Å². The Labute approximate surface area is 83.6 Å². The van der Waals surface area contributed by atoms with Crippen molar-refractivity contribution in [1.82, 2.24) is 0 Å². The summed E-state index contributed by atoms with van der Waals surface area (Å²) in [6.07, 6.45) is 0. The zero-order valence-electron chi connectivity index (χ0n) is 7.86. The van der Waals surface area contributed by atoms with E-state index in [1.54, 1.807) is 0 Å². The first kappa shape index (κ1) is 11.8. The molecular formula is C9H9F4NO. The lowest BCUT2D eigenvalue weighted by Gasteiger charge is -2.18. The quantitative estimate of drug-likeness (QED) is 0.795. The molecule has 0 unspecified atom stereocenters. The van der Waals surface area contributed by atoms with Gasteiger partial charge in [0.25, 0.3) is 5.92 Å². The van der Waals surface area contributed by atoms with E-state index in [1.165, 1.54) is 0 Å². The van der Waals surface area contributed by atoms with Crippen LogP contribution in [0.5, 0.6) is 5.75 Å². The van der Waals surface area contributed by atoms with E-state index in [1.807, 2.05) is 0 Å². The maximum Gasteiger partial charge on any atom is 0.291 e. The zero-order valence-corrected chi connectivity index (χ0v) is 7.86. The van der Waals surface area contributed by atoms with Gasteiger partial charge in [-0.3, -0.25) is 0 Å². The standard InChI is InChI=1S/C9H9F4NO/c1-15-7-3-5(10)2-6(11)8(7)9(12,13)4-14/h2-3H,4,14H2,1H3. The topological polar surface area (TPSA) is 35.2 Å². The maximum atomic E-state index is 13.2. The van der Waals surface area contributed by atoms with Crippen LogP contribution < -0.4 is 10.5 Å². The molecule has 0 spiro atoms. The molecule has 1 aromatic carbocycles. The SMILES string of the molecule is COc1cc(F)cc(F)c1C(F)(F)CN. The highest BCUT2D eigenvalue weighted by molar-refractivity contribution is 5.38. The van der Waals surface area contributed by atoms with E-state index in [-0.39, 0.29) is 0 Å². The monoisotopic (exact) mass is 223 g/mol. The Kier molecular flexibility index (Phi) is 3.18. The molecule has 2 nitrogen and oxygen atoms in total. The highest BCUT2D eigenvalue weighted by Crippen LogP contribution is 2.36. The van der Waals surface area contributed by atoms with Gasteiger partial charge >= 0.3 is 0 Å².